The minimum atomic E-state index is -0.173. The third kappa shape index (κ3) is 6.94. The third-order valence-corrected chi connectivity index (χ3v) is 7.83. The van der Waals surface area contributed by atoms with Gasteiger partial charge < -0.3 is 37.9 Å². The van der Waals surface area contributed by atoms with Crippen LogP contribution in [0.4, 0.5) is 0 Å². The van der Waals surface area contributed by atoms with E-state index in [4.69, 9.17) is 37.9 Å². The summed E-state index contributed by atoms with van der Waals surface area (Å²) in [5.41, 5.74) is 3.10. The number of allylic oxidation sites excluding steroid dienone is 1. The zero-order chi connectivity index (χ0) is 30.1. The maximum Gasteiger partial charge on any atom is 0.161 e. The molecule has 0 unspecified atom stereocenters. The van der Waals surface area contributed by atoms with E-state index < -0.39 is 0 Å². The van der Waals surface area contributed by atoms with E-state index in [2.05, 4.69) is 18.2 Å². The van der Waals surface area contributed by atoms with Gasteiger partial charge in [-0.2, -0.15) is 0 Å². The molecule has 226 valence electrons. The maximum absolute atomic E-state index is 6.63. The molecule has 0 aromatic heterocycles. The summed E-state index contributed by atoms with van der Waals surface area (Å²) >= 11 is 0. The fourth-order valence-electron chi connectivity index (χ4n) is 5.74. The molecule has 42 heavy (non-hydrogen) atoms. The lowest BCUT2D eigenvalue weighted by Gasteiger charge is -2.39. The number of ether oxygens (including phenoxy) is 8. The molecular formula is C34H42O8. The normalized spacial score (nSPS) is 19.3. The molecular weight excluding hydrogens is 536 g/mol. The van der Waals surface area contributed by atoms with Crippen LogP contribution >= 0.6 is 0 Å². The standard InChI is InChI=1S/C34H42O8/c1-35-27-14-11-22(17-30(27)38-4)9-8-10-23-18-26(33(41-7)24-12-15-28(36-2)31(19-24)39-5)21-42-34(23)25-13-16-29(37-3)32(20-25)40-6/h8-9,11-17,19-20,23,26,33-34H,10,18,21H2,1-7H3/b9-8+/t23-,26+,33-,34-/m0/s1. The lowest BCUT2D eigenvalue weighted by molar-refractivity contribution is -0.0983. The Labute approximate surface area is 249 Å². The van der Waals surface area contributed by atoms with Crippen LogP contribution in [0, 0.1) is 11.8 Å². The summed E-state index contributed by atoms with van der Waals surface area (Å²) in [4.78, 5) is 0. The van der Waals surface area contributed by atoms with Gasteiger partial charge in [0.15, 0.2) is 34.5 Å². The number of benzene rings is 3. The highest BCUT2D eigenvalue weighted by molar-refractivity contribution is 5.56. The average molecular weight is 579 g/mol. The van der Waals surface area contributed by atoms with E-state index >= 15 is 0 Å². The van der Waals surface area contributed by atoms with Gasteiger partial charge in [-0.3, -0.25) is 0 Å². The molecule has 0 bridgehead atoms. The van der Waals surface area contributed by atoms with Crippen molar-refractivity contribution in [2.75, 3.05) is 56.4 Å². The zero-order valence-corrected chi connectivity index (χ0v) is 25.5. The molecule has 3 aromatic rings. The van der Waals surface area contributed by atoms with Crippen LogP contribution in [0.1, 0.15) is 41.7 Å². The molecule has 8 heteroatoms. The Morgan fingerprint density at radius 1 is 0.690 bits per heavy atom. The Bertz CT molecular complexity index is 1340. The van der Waals surface area contributed by atoms with Gasteiger partial charge in [0.25, 0.3) is 0 Å². The first kappa shape index (κ1) is 31.1. The molecule has 0 spiro atoms. The molecule has 1 aliphatic heterocycles. The van der Waals surface area contributed by atoms with Crippen molar-refractivity contribution in [1.82, 2.24) is 0 Å². The Kier molecular flexibility index (Phi) is 11.0. The van der Waals surface area contributed by atoms with Crippen molar-refractivity contribution >= 4 is 6.08 Å². The van der Waals surface area contributed by atoms with E-state index in [1.165, 1.54) is 0 Å². The Hall–Kier alpha value is -3.88. The van der Waals surface area contributed by atoms with Gasteiger partial charge in [-0.15, -0.1) is 0 Å². The quantitative estimate of drug-likeness (QED) is 0.216. The van der Waals surface area contributed by atoms with Crippen molar-refractivity contribution in [2.24, 2.45) is 11.8 Å². The van der Waals surface area contributed by atoms with Gasteiger partial charge in [0.05, 0.1) is 61.5 Å². The van der Waals surface area contributed by atoms with Crippen LogP contribution in [0.15, 0.2) is 60.7 Å². The first-order valence-electron chi connectivity index (χ1n) is 14.0. The lowest BCUT2D eigenvalue weighted by Crippen LogP contribution is -2.33. The van der Waals surface area contributed by atoms with Crippen LogP contribution in [0.3, 0.4) is 0 Å². The van der Waals surface area contributed by atoms with Gasteiger partial charge in [0, 0.05) is 13.0 Å². The van der Waals surface area contributed by atoms with Crippen LogP contribution in [0.2, 0.25) is 0 Å². The van der Waals surface area contributed by atoms with E-state index in [1.807, 2.05) is 48.5 Å². The van der Waals surface area contributed by atoms with E-state index in [0.717, 1.165) is 29.5 Å². The first-order chi connectivity index (χ1) is 20.5. The van der Waals surface area contributed by atoms with E-state index in [-0.39, 0.29) is 24.0 Å². The predicted molar refractivity (Wildman–Crippen MR) is 162 cm³/mol. The molecule has 4 rings (SSSR count). The number of rotatable bonds is 13. The highest BCUT2D eigenvalue weighted by Gasteiger charge is 2.37. The molecule has 8 nitrogen and oxygen atoms in total. The second-order valence-corrected chi connectivity index (χ2v) is 10.1. The third-order valence-electron chi connectivity index (χ3n) is 7.83. The molecule has 0 N–H and O–H groups in total. The van der Waals surface area contributed by atoms with Crippen LogP contribution < -0.4 is 28.4 Å². The second kappa shape index (κ2) is 14.8. The van der Waals surface area contributed by atoms with Gasteiger partial charge >= 0.3 is 0 Å². The highest BCUT2D eigenvalue weighted by Crippen LogP contribution is 2.45. The van der Waals surface area contributed by atoms with Gasteiger partial charge in [-0.1, -0.05) is 30.4 Å². The number of hydrogen-bond donors (Lipinski definition) is 0. The zero-order valence-electron chi connectivity index (χ0n) is 25.5. The van der Waals surface area contributed by atoms with Gasteiger partial charge in [0.2, 0.25) is 0 Å². The van der Waals surface area contributed by atoms with E-state index in [9.17, 15) is 0 Å². The molecule has 0 radical (unpaired) electrons. The number of hydrogen-bond acceptors (Lipinski definition) is 8. The molecule has 1 heterocycles. The van der Waals surface area contributed by atoms with Crippen molar-refractivity contribution in [3.8, 4) is 34.5 Å². The van der Waals surface area contributed by atoms with Crippen molar-refractivity contribution < 1.29 is 37.9 Å². The monoisotopic (exact) mass is 578 g/mol. The van der Waals surface area contributed by atoms with Crippen LogP contribution in [0.5, 0.6) is 34.5 Å². The Balaban J connectivity index is 1.62. The summed E-state index contributed by atoms with van der Waals surface area (Å²) in [6.07, 6.45) is 5.70. The molecule has 4 atom stereocenters. The van der Waals surface area contributed by atoms with E-state index in [1.54, 1.807) is 49.8 Å². The molecule has 1 fully saturated rings. The van der Waals surface area contributed by atoms with E-state index in [0.29, 0.717) is 41.1 Å². The molecule has 0 saturated carbocycles. The van der Waals surface area contributed by atoms with Gasteiger partial charge in [0.1, 0.15) is 0 Å². The summed E-state index contributed by atoms with van der Waals surface area (Å²) in [7, 11) is 11.6. The summed E-state index contributed by atoms with van der Waals surface area (Å²) in [5.74, 6) is 4.43. The predicted octanol–water partition coefficient (Wildman–Crippen LogP) is 6.92. The lowest BCUT2D eigenvalue weighted by atomic mass is 9.79. The minimum Gasteiger partial charge on any atom is -0.493 e. The average Bonchev–Trinajstić information content (AvgIpc) is 3.04. The number of methoxy groups -OCH3 is 7. The van der Waals surface area contributed by atoms with Crippen LogP contribution in [-0.4, -0.2) is 56.4 Å². The van der Waals surface area contributed by atoms with Crippen LogP contribution in [-0.2, 0) is 9.47 Å². The minimum absolute atomic E-state index is 0.126. The molecule has 0 aliphatic carbocycles. The molecule has 0 amide bonds. The van der Waals surface area contributed by atoms with Gasteiger partial charge in [-0.05, 0) is 71.8 Å². The van der Waals surface area contributed by atoms with Crippen LogP contribution in [0.25, 0.3) is 6.08 Å². The Morgan fingerprint density at radius 2 is 1.26 bits per heavy atom. The topological polar surface area (TPSA) is 73.8 Å². The second-order valence-electron chi connectivity index (χ2n) is 10.1. The largest absolute Gasteiger partial charge is 0.493 e. The Morgan fingerprint density at radius 3 is 1.88 bits per heavy atom. The highest BCUT2D eigenvalue weighted by atomic mass is 16.5. The SMILES string of the molecule is COc1ccc(/C=C/C[C@H]2C[C@@H]([C@@H](OC)c3ccc(OC)c(OC)c3)CO[C@@H]2c2ccc(OC)c(OC)c2)cc1OC. The van der Waals surface area contributed by atoms with Crippen molar-refractivity contribution in [2.45, 2.75) is 25.0 Å². The van der Waals surface area contributed by atoms with Gasteiger partial charge in [-0.25, -0.2) is 0 Å². The van der Waals surface area contributed by atoms with Crippen molar-refractivity contribution in [3.05, 3.63) is 77.4 Å². The summed E-state index contributed by atoms with van der Waals surface area (Å²) in [5, 5.41) is 0. The molecule has 1 aliphatic rings. The fraction of sp³-hybridized carbons (Fsp3) is 0.412. The van der Waals surface area contributed by atoms with Crippen molar-refractivity contribution in [1.29, 1.82) is 0 Å². The summed E-state index contributed by atoms with van der Waals surface area (Å²) in [6, 6.07) is 17.8. The smallest absolute Gasteiger partial charge is 0.161 e. The summed E-state index contributed by atoms with van der Waals surface area (Å²) in [6.45, 7) is 0.543. The van der Waals surface area contributed by atoms with Crippen molar-refractivity contribution in [3.63, 3.8) is 0 Å². The first-order valence-corrected chi connectivity index (χ1v) is 14.0. The molecule has 1 saturated heterocycles. The molecule has 3 aromatic carbocycles. The summed E-state index contributed by atoms with van der Waals surface area (Å²) < 4.78 is 45.6. The fourth-order valence-corrected chi connectivity index (χ4v) is 5.74. The maximum atomic E-state index is 6.63.